The smallest absolute Gasteiger partial charge is 0.256 e. The van der Waals surface area contributed by atoms with Crippen LogP contribution >= 0.6 is 0 Å². The van der Waals surface area contributed by atoms with E-state index in [-0.39, 0.29) is 42.6 Å². The number of imide groups is 1. The second-order valence-electron chi connectivity index (χ2n) is 11.4. The Hall–Kier alpha value is -4.03. The molecule has 0 unspecified atom stereocenters. The lowest BCUT2D eigenvalue weighted by Gasteiger charge is -2.50. The van der Waals surface area contributed by atoms with Crippen LogP contribution in [0.15, 0.2) is 41.2 Å². The molecule has 5 heterocycles. The number of rotatable bonds is 5. The van der Waals surface area contributed by atoms with E-state index in [4.69, 9.17) is 9.51 Å². The van der Waals surface area contributed by atoms with Gasteiger partial charge < -0.3 is 14.5 Å². The van der Waals surface area contributed by atoms with Crippen molar-refractivity contribution in [2.45, 2.75) is 57.8 Å². The summed E-state index contributed by atoms with van der Waals surface area (Å²) in [5, 5.41) is 17.9. The summed E-state index contributed by atoms with van der Waals surface area (Å²) in [7, 11) is 0. The number of nitrogens with one attached hydrogen (secondary N) is 1. The molecule has 0 radical (unpaired) electrons. The molecule has 208 valence electrons. The SMILES string of the molecule is CC1(C)CN(Cc2ccc(-c3ncon3)c(F)c2)CC[C@]1(O)c1ccc2c(n1)CN([C@H]1CCC(=O)NC1=O)C2=O. The first kappa shape index (κ1) is 26.2. The summed E-state index contributed by atoms with van der Waals surface area (Å²) in [5.74, 6) is -1.36. The third-order valence-electron chi connectivity index (χ3n) is 8.37. The van der Waals surface area contributed by atoms with E-state index in [1.165, 1.54) is 11.0 Å². The number of piperidine rings is 2. The molecule has 0 bridgehead atoms. The standard InChI is InChI=1S/C28H29FN6O5/c1-27(2)14-34(12-16-3-4-17(19(29)11-16)24-30-15-40-33-24)10-9-28(27,39)22-7-5-18-20(31-22)13-35(26(18)38)21-6-8-23(36)32-25(21)37/h3-5,7,11,15,21,39H,6,8-10,12-14H2,1-2H3,(H,32,36,37)/t21-,28-/m0/s1. The molecule has 2 N–H and O–H groups in total. The monoisotopic (exact) mass is 548 g/mol. The Balaban J connectivity index is 1.17. The Morgan fingerprint density at radius 2 is 1.98 bits per heavy atom. The van der Waals surface area contributed by atoms with Crippen LogP contribution in [-0.2, 0) is 28.3 Å². The average molecular weight is 549 g/mol. The second-order valence-corrected chi connectivity index (χ2v) is 11.4. The van der Waals surface area contributed by atoms with Gasteiger partial charge in [0.1, 0.15) is 17.5 Å². The van der Waals surface area contributed by atoms with Gasteiger partial charge in [-0.3, -0.25) is 29.6 Å². The lowest BCUT2D eigenvalue weighted by atomic mass is 9.68. The van der Waals surface area contributed by atoms with Gasteiger partial charge in [0.15, 0.2) is 0 Å². The largest absolute Gasteiger partial charge is 0.383 e. The maximum absolute atomic E-state index is 14.7. The molecular formula is C28H29FN6O5. The van der Waals surface area contributed by atoms with Crippen LogP contribution < -0.4 is 5.32 Å². The van der Waals surface area contributed by atoms with Crippen LogP contribution in [0, 0.1) is 11.2 Å². The average Bonchev–Trinajstić information content (AvgIpc) is 3.54. The first-order valence-electron chi connectivity index (χ1n) is 13.2. The van der Waals surface area contributed by atoms with Gasteiger partial charge in [-0.1, -0.05) is 25.1 Å². The number of nitrogens with zero attached hydrogens (tertiary/aromatic N) is 5. The molecular weight excluding hydrogens is 519 g/mol. The summed E-state index contributed by atoms with van der Waals surface area (Å²) in [6.45, 7) is 5.65. The van der Waals surface area contributed by atoms with Crippen molar-refractivity contribution in [3.8, 4) is 11.4 Å². The van der Waals surface area contributed by atoms with Gasteiger partial charge in [-0.25, -0.2) is 4.39 Å². The van der Waals surface area contributed by atoms with Crippen LogP contribution in [0.1, 0.15) is 60.4 Å². The topological polar surface area (TPSA) is 142 Å². The molecule has 2 atom stereocenters. The Labute approximate surface area is 229 Å². The van der Waals surface area contributed by atoms with Gasteiger partial charge in [0.25, 0.3) is 5.91 Å². The summed E-state index contributed by atoms with van der Waals surface area (Å²) in [5.41, 5.74) is 0.551. The lowest BCUT2D eigenvalue weighted by molar-refractivity contribution is -0.137. The van der Waals surface area contributed by atoms with Crippen molar-refractivity contribution in [1.82, 2.24) is 30.2 Å². The fourth-order valence-corrected chi connectivity index (χ4v) is 6.09. The number of carbonyl (C=O) groups excluding carboxylic acids is 3. The number of benzene rings is 1. The zero-order chi connectivity index (χ0) is 28.2. The summed E-state index contributed by atoms with van der Waals surface area (Å²) in [6, 6.07) is 7.56. The summed E-state index contributed by atoms with van der Waals surface area (Å²) >= 11 is 0. The number of pyridine rings is 1. The van der Waals surface area contributed by atoms with E-state index in [9.17, 15) is 23.9 Å². The Morgan fingerprint density at radius 3 is 2.67 bits per heavy atom. The number of halogens is 1. The van der Waals surface area contributed by atoms with Gasteiger partial charge in [0.05, 0.1) is 29.1 Å². The first-order chi connectivity index (χ1) is 19.1. The highest BCUT2D eigenvalue weighted by atomic mass is 19.1. The first-order valence-corrected chi connectivity index (χ1v) is 13.2. The molecule has 3 aromatic rings. The number of amides is 3. The van der Waals surface area contributed by atoms with E-state index in [0.29, 0.717) is 43.0 Å². The van der Waals surface area contributed by atoms with Crippen molar-refractivity contribution in [2.75, 3.05) is 13.1 Å². The number of aromatic nitrogens is 3. The van der Waals surface area contributed by atoms with E-state index in [1.807, 2.05) is 19.9 Å². The molecule has 3 aliphatic rings. The number of likely N-dealkylation sites (tertiary alicyclic amines) is 1. The number of hydrogen-bond acceptors (Lipinski definition) is 9. The normalized spacial score (nSPS) is 24.8. The van der Waals surface area contributed by atoms with Gasteiger partial charge >= 0.3 is 0 Å². The summed E-state index contributed by atoms with van der Waals surface area (Å²) in [6.07, 6.45) is 1.99. The van der Waals surface area contributed by atoms with Gasteiger partial charge in [-0.05, 0) is 42.7 Å². The van der Waals surface area contributed by atoms with E-state index in [1.54, 1.807) is 18.2 Å². The van der Waals surface area contributed by atoms with Gasteiger partial charge in [0, 0.05) is 31.5 Å². The van der Waals surface area contributed by atoms with E-state index < -0.39 is 28.8 Å². The van der Waals surface area contributed by atoms with Crippen molar-refractivity contribution in [1.29, 1.82) is 0 Å². The molecule has 3 aliphatic heterocycles. The van der Waals surface area contributed by atoms with Crippen LogP contribution in [-0.4, -0.2) is 66.9 Å². The molecule has 3 amide bonds. The molecule has 2 saturated heterocycles. The quantitative estimate of drug-likeness (QED) is 0.459. The van der Waals surface area contributed by atoms with Gasteiger partial charge in [0.2, 0.25) is 24.0 Å². The highest BCUT2D eigenvalue weighted by Gasteiger charge is 2.50. The minimum atomic E-state index is -1.27. The molecule has 0 aliphatic carbocycles. The highest BCUT2D eigenvalue weighted by Crippen LogP contribution is 2.46. The molecule has 2 aromatic heterocycles. The molecule has 0 spiro atoms. The molecule has 11 nitrogen and oxygen atoms in total. The van der Waals surface area contributed by atoms with Crippen LogP contribution in [0.4, 0.5) is 4.39 Å². The van der Waals surface area contributed by atoms with Crippen molar-refractivity contribution in [3.05, 3.63) is 65.1 Å². The molecule has 0 saturated carbocycles. The van der Waals surface area contributed by atoms with Crippen molar-refractivity contribution in [2.24, 2.45) is 5.41 Å². The lowest BCUT2D eigenvalue weighted by Crippen LogP contribution is -2.55. The van der Waals surface area contributed by atoms with Crippen LogP contribution in [0.25, 0.3) is 11.4 Å². The number of aliphatic hydroxyl groups is 1. The molecule has 1 aromatic carbocycles. The third kappa shape index (κ3) is 4.37. The molecule has 2 fully saturated rings. The number of hydrogen-bond donors (Lipinski definition) is 2. The fraction of sp³-hybridized carbons (Fsp3) is 0.429. The maximum atomic E-state index is 14.7. The van der Waals surface area contributed by atoms with Crippen molar-refractivity contribution in [3.63, 3.8) is 0 Å². The van der Waals surface area contributed by atoms with Crippen LogP contribution in [0.3, 0.4) is 0 Å². The Bertz CT molecular complexity index is 1510. The van der Waals surface area contributed by atoms with Gasteiger partial charge in [-0.15, -0.1) is 0 Å². The Morgan fingerprint density at radius 1 is 1.18 bits per heavy atom. The van der Waals surface area contributed by atoms with Crippen molar-refractivity contribution < 1.29 is 28.4 Å². The summed E-state index contributed by atoms with van der Waals surface area (Å²) in [4.78, 5) is 49.2. The van der Waals surface area contributed by atoms with E-state index in [2.05, 4.69) is 20.4 Å². The summed E-state index contributed by atoms with van der Waals surface area (Å²) < 4.78 is 19.4. The minimum Gasteiger partial charge on any atom is -0.383 e. The van der Waals surface area contributed by atoms with Crippen LogP contribution in [0.2, 0.25) is 0 Å². The highest BCUT2D eigenvalue weighted by molar-refractivity contribution is 6.05. The maximum Gasteiger partial charge on any atom is 0.256 e. The molecule has 40 heavy (non-hydrogen) atoms. The zero-order valence-corrected chi connectivity index (χ0v) is 22.2. The number of fused-ring (bicyclic) bond motifs is 1. The van der Waals surface area contributed by atoms with Crippen molar-refractivity contribution >= 4 is 17.7 Å². The number of carbonyl (C=O) groups is 3. The second kappa shape index (κ2) is 9.56. The van der Waals surface area contributed by atoms with Crippen LogP contribution in [0.5, 0.6) is 0 Å². The minimum absolute atomic E-state index is 0.141. The fourth-order valence-electron chi connectivity index (χ4n) is 6.09. The zero-order valence-electron chi connectivity index (χ0n) is 22.2. The predicted molar refractivity (Wildman–Crippen MR) is 138 cm³/mol. The van der Waals surface area contributed by atoms with E-state index in [0.717, 1.165) is 12.0 Å². The molecule has 6 rings (SSSR count). The predicted octanol–water partition coefficient (Wildman–Crippen LogP) is 2.15. The third-order valence-corrected chi connectivity index (χ3v) is 8.37. The Kier molecular flexibility index (Phi) is 6.26. The molecule has 12 heteroatoms. The van der Waals surface area contributed by atoms with Gasteiger partial charge in [-0.2, -0.15) is 4.98 Å². The van der Waals surface area contributed by atoms with E-state index >= 15 is 0 Å².